The highest BCUT2D eigenvalue weighted by atomic mass is 16.3. The predicted molar refractivity (Wildman–Crippen MR) is 66.2 cm³/mol. The van der Waals surface area contributed by atoms with Crippen molar-refractivity contribution in [3.05, 3.63) is 18.4 Å². The Morgan fingerprint density at radius 3 is 2.83 bits per heavy atom. The second kappa shape index (κ2) is 5.10. The van der Waals surface area contributed by atoms with E-state index in [0.29, 0.717) is 11.7 Å². The van der Waals surface area contributed by atoms with Crippen LogP contribution in [0.5, 0.6) is 0 Å². The molecule has 0 bridgehead atoms. The number of hydrogen-bond donors (Lipinski definition) is 0. The van der Waals surface area contributed by atoms with Gasteiger partial charge in [0.2, 0.25) is 0 Å². The number of piperidine rings is 1. The van der Waals surface area contributed by atoms with Crippen LogP contribution in [-0.4, -0.2) is 52.9 Å². The number of oxazole rings is 1. The quantitative estimate of drug-likeness (QED) is 0.794. The molecule has 0 N–H and O–H groups in total. The fraction of sp³-hybridized carbons (Fsp3) is 0.692. The summed E-state index contributed by atoms with van der Waals surface area (Å²) < 4.78 is 4.88. The van der Waals surface area contributed by atoms with Gasteiger partial charge in [0.15, 0.2) is 12.1 Å². The minimum atomic E-state index is 0.00708. The highest BCUT2D eigenvalue weighted by molar-refractivity contribution is 5.91. The number of carbonyl (C=O) groups is 1. The van der Waals surface area contributed by atoms with E-state index in [4.69, 9.17) is 4.42 Å². The van der Waals surface area contributed by atoms with E-state index in [1.54, 1.807) is 0 Å². The molecule has 2 fully saturated rings. The van der Waals surface area contributed by atoms with Crippen LogP contribution in [0.4, 0.5) is 0 Å². The number of carbonyl (C=O) groups excluding carboxylic acids is 1. The van der Waals surface area contributed by atoms with E-state index in [1.807, 2.05) is 4.90 Å². The lowest BCUT2D eigenvalue weighted by Gasteiger charge is -2.37. The number of hydrogen-bond acceptors (Lipinski definition) is 4. The van der Waals surface area contributed by atoms with E-state index in [1.165, 1.54) is 45.0 Å². The first kappa shape index (κ1) is 11.7. The minimum absolute atomic E-state index is 0.00708. The monoisotopic (exact) mass is 249 g/mol. The highest BCUT2D eigenvalue weighted by Gasteiger charge is 2.30. The lowest BCUT2D eigenvalue weighted by Crippen LogP contribution is -2.49. The molecule has 1 amide bonds. The van der Waals surface area contributed by atoms with Gasteiger partial charge in [-0.25, -0.2) is 4.98 Å². The van der Waals surface area contributed by atoms with E-state index >= 15 is 0 Å². The van der Waals surface area contributed by atoms with E-state index in [9.17, 15) is 4.79 Å². The summed E-state index contributed by atoms with van der Waals surface area (Å²) >= 11 is 0. The maximum atomic E-state index is 12.2. The van der Waals surface area contributed by atoms with Crippen LogP contribution in [0, 0.1) is 0 Å². The molecule has 18 heavy (non-hydrogen) atoms. The minimum Gasteiger partial charge on any atom is -0.451 e. The number of rotatable bonds is 2. The summed E-state index contributed by atoms with van der Waals surface area (Å²) in [4.78, 5) is 20.6. The Bertz CT molecular complexity index is 398. The molecule has 1 unspecified atom stereocenters. The molecule has 2 saturated heterocycles. The molecule has 98 valence electrons. The van der Waals surface area contributed by atoms with Gasteiger partial charge in [0.1, 0.15) is 6.26 Å². The number of likely N-dealkylation sites (tertiary alicyclic amines) is 2. The standard InChI is InChI=1S/C13H19N3O2/c17-13(12-9-18-10-14-12)16-7-3-4-11(8-16)15-5-1-2-6-15/h9-11H,1-8H2. The van der Waals surface area contributed by atoms with Crippen molar-refractivity contribution in [2.24, 2.45) is 0 Å². The summed E-state index contributed by atoms with van der Waals surface area (Å²) in [6.07, 6.45) is 7.64. The molecule has 0 aromatic carbocycles. The molecule has 0 spiro atoms. The van der Waals surface area contributed by atoms with E-state index in [0.717, 1.165) is 19.5 Å². The first-order valence-corrected chi connectivity index (χ1v) is 6.76. The van der Waals surface area contributed by atoms with E-state index < -0.39 is 0 Å². The summed E-state index contributed by atoms with van der Waals surface area (Å²) in [6.45, 7) is 4.06. The average molecular weight is 249 g/mol. The number of amides is 1. The van der Waals surface area contributed by atoms with Crippen LogP contribution in [0.25, 0.3) is 0 Å². The van der Waals surface area contributed by atoms with Crippen LogP contribution in [0.15, 0.2) is 17.1 Å². The number of aromatic nitrogens is 1. The Hall–Kier alpha value is -1.36. The van der Waals surface area contributed by atoms with Gasteiger partial charge in [-0.1, -0.05) is 0 Å². The summed E-state index contributed by atoms with van der Waals surface area (Å²) in [5, 5.41) is 0. The van der Waals surface area contributed by atoms with Crippen LogP contribution < -0.4 is 0 Å². The Morgan fingerprint density at radius 2 is 2.11 bits per heavy atom. The second-order valence-corrected chi connectivity index (χ2v) is 5.16. The van der Waals surface area contributed by atoms with Crippen LogP contribution in [0.3, 0.4) is 0 Å². The zero-order chi connectivity index (χ0) is 12.4. The van der Waals surface area contributed by atoms with Gasteiger partial charge < -0.3 is 9.32 Å². The first-order valence-electron chi connectivity index (χ1n) is 6.76. The van der Waals surface area contributed by atoms with Gasteiger partial charge in [0.25, 0.3) is 5.91 Å². The van der Waals surface area contributed by atoms with Crippen LogP contribution in [-0.2, 0) is 0 Å². The third-order valence-corrected chi connectivity index (χ3v) is 3.99. The van der Waals surface area contributed by atoms with Crippen LogP contribution >= 0.6 is 0 Å². The molecule has 2 aliphatic heterocycles. The predicted octanol–water partition coefficient (Wildman–Crippen LogP) is 1.38. The Balaban J connectivity index is 1.64. The summed E-state index contributed by atoms with van der Waals surface area (Å²) in [5.41, 5.74) is 0.428. The topological polar surface area (TPSA) is 49.6 Å². The smallest absolute Gasteiger partial charge is 0.275 e. The fourth-order valence-electron chi connectivity index (χ4n) is 3.02. The maximum absolute atomic E-state index is 12.2. The van der Waals surface area contributed by atoms with Crippen molar-refractivity contribution in [1.82, 2.24) is 14.8 Å². The van der Waals surface area contributed by atoms with Crippen molar-refractivity contribution in [3.63, 3.8) is 0 Å². The SMILES string of the molecule is O=C(c1cocn1)N1CCCC(N2CCCC2)C1. The normalized spacial score (nSPS) is 25.6. The molecule has 1 atom stereocenters. The zero-order valence-corrected chi connectivity index (χ0v) is 10.5. The Labute approximate surface area is 107 Å². The van der Waals surface area contributed by atoms with Gasteiger partial charge in [0, 0.05) is 19.1 Å². The van der Waals surface area contributed by atoms with Crippen molar-refractivity contribution in [2.45, 2.75) is 31.7 Å². The van der Waals surface area contributed by atoms with Gasteiger partial charge in [-0.3, -0.25) is 9.69 Å². The van der Waals surface area contributed by atoms with Gasteiger partial charge in [0.05, 0.1) is 0 Å². The van der Waals surface area contributed by atoms with Crippen molar-refractivity contribution in [1.29, 1.82) is 0 Å². The largest absolute Gasteiger partial charge is 0.451 e. The fourth-order valence-corrected chi connectivity index (χ4v) is 3.02. The molecule has 5 nitrogen and oxygen atoms in total. The Morgan fingerprint density at radius 1 is 1.28 bits per heavy atom. The van der Waals surface area contributed by atoms with Crippen molar-refractivity contribution in [2.75, 3.05) is 26.2 Å². The molecule has 0 saturated carbocycles. The molecule has 0 radical (unpaired) electrons. The molecule has 5 heteroatoms. The van der Waals surface area contributed by atoms with Gasteiger partial charge in [-0.05, 0) is 38.8 Å². The third-order valence-electron chi connectivity index (χ3n) is 3.99. The highest BCUT2D eigenvalue weighted by Crippen LogP contribution is 2.21. The van der Waals surface area contributed by atoms with Crippen molar-refractivity contribution >= 4 is 5.91 Å². The molecule has 1 aromatic rings. The lowest BCUT2D eigenvalue weighted by molar-refractivity contribution is 0.0602. The summed E-state index contributed by atoms with van der Waals surface area (Å²) in [7, 11) is 0. The second-order valence-electron chi connectivity index (χ2n) is 5.16. The van der Waals surface area contributed by atoms with Crippen molar-refractivity contribution < 1.29 is 9.21 Å². The summed E-state index contributed by atoms with van der Waals surface area (Å²) in [6, 6.07) is 0.539. The van der Waals surface area contributed by atoms with E-state index in [2.05, 4.69) is 9.88 Å². The van der Waals surface area contributed by atoms with Gasteiger partial charge in [-0.2, -0.15) is 0 Å². The van der Waals surface area contributed by atoms with Crippen molar-refractivity contribution in [3.8, 4) is 0 Å². The molecule has 1 aromatic heterocycles. The van der Waals surface area contributed by atoms with Gasteiger partial charge >= 0.3 is 0 Å². The maximum Gasteiger partial charge on any atom is 0.275 e. The van der Waals surface area contributed by atoms with Gasteiger partial charge in [-0.15, -0.1) is 0 Å². The molecule has 0 aliphatic carbocycles. The third kappa shape index (κ3) is 2.27. The first-order chi connectivity index (χ1) is 8.84. The molecule has 3 rings (SSSR count). The molecule has 3 heterocycles. The summed E-state index contributed by atoms with van der Waals surface area (Å²) in [5.74, 6) is 0.00708. The van der Waals surface area contributed by atoms with Crippen LogP contribution in [0.1, 0.15) is 36.2 Å². The lowest BCUT2D eigenvalue weighted by atomic mass is 10.0. The average Bonchev–Trinajstić information content (AvgIpc) is 3.11. The Kier molecular flexibility index (Phi) is 3.32. The van der Waals surface area contributed by atoms with Crippen LogP contribution in [0.2, 0.25) is 0 Å². The molecular formula is C13H19N3O2. The number of nitrogens with zero attached hydrogens (tertiary/aromatic N) is 3. The molecular weight excluding hydrogens is 230 g/mol. The zero-order valence-electron chi connectivity index (χ0n) is 10.5. The molecule has 2 aliphatic rings. The van der Waals surface area contributed by atoms with E-state index in [-0.39, 0.29) is 5.91 Å².